The van der Waals surface area contributed by atoms with Crippen LogP contribution in [0.3, 0.4) is 0 Å². The molecule has 0 fully saturated rings. The predicted molar refractivity (Wildman–Crippen MR) is 84.0 cm³/mol. The number of amides is 1. The molecule has 21 heavy (non-hydrogen) atoms. The SMILES string of the molecule is Cc1cc(OCC(=O)NCC(O)c2ccsc2)ccc1Cl. The first-order valence-electron chi connectivity index (χ1n) is 6.42. The summed E-state index contributed by atoms with van der Waals surface area (Å²) in [6.45, 7) is 1.93. The molecule has 2 aromatic rings. The summed E-state index contributed by atoms with van der Waals surface area (Å²) in [6, 6.07) is 7.04. The van der Waals surface area contributed by atoms with Gasteiger partial charge in [0.15, 0.2) is 6.61 Å². The molecule has 112 valence electrons. The van der Waals surface area contributed by atoms with Gasteiger partial charge >= 0.3 is 0 Å². The van der Waals surface area contributed by atoms with E-state index in [1.807, 2.05) is 23.8 Å². The molecule has 4 nitrogen and oxygen atoms in total. The quantitative estimate of drug-likeness (QED) is 0.858. The summed E-state index contributed by atoms with van der Waals surface area (Å²) >= 11 is 7.42. The fourth-order valence-electron chi connectivity index (χ4n) is 1.70. The molecule has 0 aliphatic carbocycles. The molecule has 0 aliphatic rings. The van der Waals surface area contributed by atoms with E-state index in [2.05, 4.69) is 5.32 Å². The molecule has 1 unspecified atom stereocenters. The molecular formula is C15H16ClNO3S. The largest absolute Gasteiger partial charge is 0.484 e. The minimum Gasteiger partial charge on any atom is -0.484 e. The summed E-state index contributed by atoms with van der Waals surface area (Å²) < 4.78 is 5.38. The number of ether oxygens (including phenoxy) is 1. The van der Waals surface area contributed by atoms with Crippen LogP contribution in [0.4, 0.5) is 0 Å². The van der Waals surface area contributed by atoms with Gasteiger partial charge < -0.3 is 15.2 Å². The molecule has 0 bridgehead atoms. The van der Waals surface area contributed by atoms with Crippen LogP contribution < -0.4 is 10.1 Å². The number of nitrogens with one attached hydrogen (secondary N) is 1. The van der Waals surface area contributed by atoms with Gasteiger partial charge in [-0.1, -0.05) is 11.6 Å². The number of rotatable bonds is 6. The number of hydrogen-bond acceptors (Lipinski definition) is 4. The first-order chi connectivity index (χ1) is 10.1. The molecule has 1 aromatic carbocycles. The third-order valence-electron chi connectivity index (χ3n) is 2.92. The number of hydrogen-bond donors (Lipinski definition) is 2. The summed E-state index contributed by atoms with van der Waals surface area (Å²) in [5.74, 6) is 0.308. The van der Waals surface area contributed by atoms with Crippen molar-refractivity contribution >= 4 is 28.8 Å². The first-order valence-corrected chi connectivity index (χ1v) is 7.74. The highest BCUT2D eigenvalue weighted by atomic mass is 35.5. The Hall–Kier alpha value is -1.56. The van der Waals surface area contributed by atoms with Gasteiger partial charge in [-0.25, -0.2) is 0 Å². The molecule has 1 heterocycles. The predicted octanol–water partition coefficient (Wildman–Crippen LogP) is 2.94. The second kappa shape index (κ2) is 7.45. The van der Waals surface area contributed by atoms with Crippen LogP contribution in [0.25, 0.3) is 0 Å². The van der Waals surface area contributed by atoms with Gasteiger partial charge in [-0.15, -0.1) is 0 Å². The first kappa shape index (κ1) is 15.8. The van der Waals surface area contributed by atoms with E-state index in [0.717, 1.165) is 11.1 Å². The molecule has 0 aliphatic heterocycles. The van der Waals surface area contributed by atoms with Crippen molar-refractivity contribution in [3.8, 4) is 5.75 Å². The molecule has 0 spiro atoms. The Morgan fingerprint density at radius 1 is 1.48 bits per heavy atom. The van der Waals surface area contributed by atoms with Crippen molar-refractivity contribution in [3.05, 3.63) is 51.2 Å². The highest BCUT2D eigenvalue weighted by molar-refractivity contribution is 7.07. The molecule has 2 rings (SSSR count). The number of aryl methyl sites for hydroxylation is 1. The third kappa shape index (κ3) is 4.74. The Kier molecular flexibility index (Phi) is 5.61. The second-order valence-corrected chi connectivity index (χ2v) is 5.76. The number of aliphatic hydroxyl groups is 1. The lowest BCUT2D eigenvalue weighted by molar-refractivity contribution is -0.123. The van der Waals surface area contributed by atoms with Crippen LogP contribution in [0.2, 0.25) is 5.02 Å². The smallest absolute Gasteiger partial charge is 0.258 e. The zero-order valence-electron chi connectivity index (χ0n) is 11.5. The number of carbonyl (C=O) groups is 1. The molecule has 0 saturated carbocycles. The zero-order chi connectivity index (χ0) is 15.2. The van der Waals surface area contributed by atoms with Crippen molar-refractivity contribution in [1.29, 1.82) is 0 Å². The van der Waals surface area contributed by atoms with Crippen LogP contribution in [0.1, 0.15) is 17.2 Å². The summed E-state index contributed by atoms with van der Waals surface area (Å²) in [4.78, 5) is 11.7. The van der Waals surface area contributed by atoms with Crippen molar-refractivity contribution < 1.29 is 14.6 Å². The van der Waals surface area contributed by atoms with Crippen molar-refractivity contribution in [2.45, 2.75) is 13.0 Å². The van der Waals surface area contributed by atoms with Crippen LogP contribution >= 0.6 is 22.9 Å². The molecule has 1 amide bonds. The zero-order valence-corrected chi connectivity index (χ0v) is 13.1. The Morgan fingerprint density at radius 3 is 2.95 bits per heavy atom. The number of aliphatic hydroxyl groups excluding tert-OH is 1. The van der Waals surface area contributed by atoms with Gasteiger partial charge in [-0.2, -0.15) is 11.3 Å². The van der Waals surface area contributed by atoms with Gasteiger partial charge in [0.2, 0.25) is 0 Å². The van der Waals surface area contributed by atoms with Gasteiger partial charge in [-0.05, 0) is 53.1 Å². The number of carbonyl (C=O) groups excluding carboxylic acids is 1. The van der Waals surface area contributed by atoms with Crippen molar-refractivity contribution in [3.63, 3.8) is 0 Å². The van der Waals surface area contributed by atoms with Crippen LogP contribution in [-0.4, -0.2) is 24.2 Å². The molecule has 2 N–H and O–H groups in total. The summed E-state index contributed by atoms with van der Waals surface area (Å²) in [5.41, 5.74) is 1.69. The Bertz CT molecular complexity index is 601. The standard InChI is InChI=1S/C15H16ClNO3S/c1-10-6-12(2-3-13(10)16)20-8-15(19)17-7-14(18)11-4-5-21-9-11/h2-6,9,14,18H,7-8H2,1H3,(H,17,19). The topological polar surface area (TPSA) is 58.6 Å². The minimum atomic E-state index is -0.696. The van der Waals surface area contributed by atoms with Gasteiger partial charge in [0.05, 0.1) is 6.10 Å². The lowest BCUT2D eigenvalue weighted by Crippen LogP contribution is -2.32. The maximum absolute atomic E-state index is 11.7. The van der Waals surface area contributed by atoms with E-state index in [4.69, 9.17) is 16.3 Å². The van der Waals surface area contributed by atoms with Crippen LogP contribution in [0, 0.1) is 6.92 Å². The molecular weight excluding hydrogens is 310 g/mol. The fourth-order valence-corrected chi connectivity index (χ4v) is 2.52. The molecule has 1 atom stereocenters. The Labute approximate surface area is 132 Å². The van der Waals surface area contributed by atoms with Crippen LogP contribution in [-0.2, 0) is 4.79 Å². The van der Waals surface area contributed by atoms with Crippen molar-refractivity contribution in [1.82, 2.24) is 5.32 Å². The van der Waals surface area contributed by atoms with E-state index in [1.165, 1.54) is 11.3 Å². The average molecular weight is 326 g/mol. The van der Waals surface area contributed by atoms with E-state index in [9.17, 15) is 9.90 Å². The van der Waals surface area contributed by atoms with E-state index in [-0.39, 0.29) is 19.1 Å². The van der Waals surface area contributed by atoms with E-state index >= 15 is 0 Å². The van der Waals surface area contributed by atoms with Crippen LogP contribution in [0.5, 0.6) is 5.75 Å². The average Bonchev–Trinajstić information content (AvgIpc) is 3.00. The van der Waals surface area contributed by atoms with E-state index in [1.54, 1.807) is 18.2 Å². The second-order valence-electron chi connectivity index (χ2n) is 4.58. The highest BCUT2D eigenvalue weighted by Crippen LogP contribution is 2.21. The fraction of sp³-hybridized carbons (Fsp3) is 0.267. The van der Waals surface area contributed by atoms with E-state index < -0.39 is 6.10 Å². The number of thiophene rings is 1. The molecule has 1 aromatic heterocycles. The lowest BCUT2D eigenvalue weighted by atomic mass is 10.2. The van der Waals surface area contributed by atoms with Gasteiger partial charge in [0, 0.05) is 11.6 Å². The number of benzene rings is 1. The molecule has 0 radical (unpaired) electrons. The number of halogens is 1. The Balaban J connectivity index is 1.75. The van der Waals surface area contributed by atoms with Gasteiger partial charge in [0.1, 0.15) is 5.75 Å². The van der Waals surface area contributed by atoms with E-state index in [0.29, 0.717) is 10.8 Å². The van der Waals surface area contributed by atoms with Crippen molar-refractivity contribution in [2.24, 2.45) is 0 Å². The Morgan fingerprint density at radius 2 is 2.29 bits per heavy atom. The third-order valence-corrected chi connectivity index (χ3v) is 4.05. The van der Waals surface area contributed by atoms with Crippen LogP contribution in [0.15, 0.2) is 35.0 Å². The minimum absolute atomic E-state index is 0.0998. The monoisotopic (exact) mass is 325 g/mol. The summed E-state index contributed by atoms with van der Waals surface area (Å²) in [7, 11) is 0. The molecule has 0 saturated heterocycles. The van der Waals surface area contributed by atoms with Gasteiger partial charge in [-0.3, -0.25) is 4.79 Å². The maximum atomic E-state index is 11.7. The highest BCUT2D eigenvalue weighted by Gasteiger charge is 2.10. The molecule has 6 heteroatoms. The van der Waals surface area contributed by atoms with Crippen molar-refractivity contribution in [2.75, 3.05) is 13.2 Å². The lowest BCUT2D eigenvalue weighted by Gasteiger charge is -2.11. The normalized spacial score (nSPS) is 12.0. The summed E-state index contributed by atoms with van der Waals surface area (Å²) in [6.07, 6.45) is -0.696. The summed E-state index contributed by atoms with van der Waals surface area (Å²) in [5, 5.41) is 16.9. The maximum Gasteiger partial charge on any atom is 0.258 e. The van der Waals surface area contributed by atoms with Gasteiger partial charge in [0.25, 0.3) is 5.91 Å².